The molecule has 1 aliphatic heterocycles. The Morgan fingerprint density at radius 1 is 0.982 bits per heavy atom. The number of aromatic nitrogens is 5. The number of carbonyl (C=O) groups is 2. The molecule has 0 bridgehead atoms. The van der Waals surface area contributed by atoms with Gasteiger partial charge in [-0.15, -0.1) is 0 Å². The van der Waals surface area contributed by atoms with Gasteiger partial charge in [0.15, 0.2) is 0 Å². The number of alkyl halides is 1. The molecule has 1 N–H and O–H groups in total. The molecule has 0 saturated carbocycles. The number of ether oxygens (including phenoxy) is 1. The number of rotatable bonds is 10. The summed E-state index contributed by atoms with van der Waals surface area (Å²) in [6, 6.07) is 19.2. The smallest absolute Gasteiger partial charge is 0.276 e. The predicted molar refractivity (Wildman–Crippen MR) is 228 cm³/mol. The molecule has 2 atom stereocenters. The number of fused-ring (bicyclic) bond motifs is 4. The van der Waals surface area contributed by atoms with E-state index in [1.807, 2.05) is 86.7 Å². The van der Waals surface area contributed by atoms with Crippen molar-refractivity contribution >= 4 is 62.5 Å². The van der Waals surface area contributed by atoms with E-state index in [9.17, 15) is 4.79 Å². The van der Waals surface area contributed by atoms with Crippen molar-refractivity contribution in [1.82, 2.24) is 29.2 Å². The van der Waals surface area contributed by atoms with E-state index in [2.05, 4.69) is 46.9 Å². The van der Waals surface area contributed by atoms with Crippen LogP contribution in [0.2, 0.25) is 5.02 Å². The maximum atomic E-state index is 15.3. The molecule has 8 rings (SSSR count). The summed E-state index contributed by atoms with van der Waals surface area (Å²) in [5, 5.41) is 10.2. The lowest BCUT2D eigenvalue weighted by Crippen LogP contribution is -2.47. The average molecular weight is 803 g/mol. The second-order valence-electron chi connectivity index (χ2n) is 15.1. The third-order valence-corrected chi connectivity index (χ3v) is 12.5. The predicted octanol–water partition coefficient (Wildman–Crippen LogP) is 9.54. The number of carbonyl (C=O) groups excluding carboxylic acids is 2. The molecule has 292 valence electrons. The topological polar surface area (TPSA) is 99.2 Å². The summed E-state index contributed by atoms with van der Waals surface area (Å²) in [7, 11) is 3.89. The number of nitrogens with one attached hydrogen (secondary N) is 1. The Kier molecular flexibility index (Phi) is 10.1. The fourth-order valence-electron chi connectivity index (χ4n) is 8.42. The maximum absolute atomic E-state index is 15.3. The van der Waals surface area contributed by atoms with Crippen molar-refractivity contribution in [3.05, 3.63) is 129 Å². The van der Waals surface area contributed by atoms with Crippen LogP contribution in [-0.2, 0) is 27.1 Å². The van der Waals surface area contributed by atoms with Crippen LogP contribution in [0.1, 0.15) is 73.9 Å². The number of anilines is 1. The molecule has 0 saturated heterocycles. The van der Waals surface area contributed by atoms with E-state index >= 15 is 4.79 Å². The number of pyridine rings is 1. The van der Waals surface area contributed by atoms with Gasteiger partial charge in [-0.25, -0.2) is 0 Å². The van der Waals surface area contributed by atoms with Crippen molar-refractivity contribution in [2.24, 2.45) is 14.1 Å². The van der Waals surface area contributed by atoms with Gasteiger partial charge in [0.25, 0.3) is 11.8 Å². The minimum Gasteiger partial charge on any atom is -0.494 e. The van der Waals surface area contributed by atoms with E-state index < -0.39 is 5.50 Å². The van der Waals surface area contributed by atoms with E-state index in [0.29, 0.717) is 42.9 Å². The van der Waals surface area contributed by atoms with Gasteiger partial charge >= 0.3 is 0 Å². The number of benzene rings is 3. The zero-order valence-corrected chi connectivity index (χ0v) is 34.7. The molecule has 0 radical (unpaired) electrons. The van der Waals surface area contributed by atoms with Crippen LogP contribution in [-0.4, -0.2) is 47.8 Å². The van der Waals surface area contributed by atoms with Crippen LogP contribution < -0.4 is 15.0 Å². The first-order chi connectivity index (χ1) is 27.3. The van der Waals surface area contributed by atoms with Gasteiger partial charge in [0.1, 0.15) is 16.9 Å². The normalized spacial score (nSPS) is 15.5. The third-order valence-electron chi connectivity index (χ3n) is 11.3. The number of hydrogen-bond acceptors (Lipinski definition) is 5. The van der Waals surface area contributed by atoms with E-state index in [0.717, 1.165) is 77.3 Å². The number of aryl methyl sites for hydroxylation is 6. The monoisotopic (exact) mass is 801 g/mol. The molecule has 12 heteroatoms. The van der Waals surface area contributed by atoms with Crippen LogP contribution in [0.15, 0.2) is 79.3 Å². The fraction of sp³-hybridized carbons (Fsp3) is 0.289. The zero-order chi connectivity index (χ0) is 40.3. The minimum absolute atomic E-state index is 0.200. The summed E-state index contributed by atoms with van der Waals surface area (Å²) >= 11 is 13.9. The third kappa shape index (κ3) is 6.64. The summed E-state index contributed by atoms with van der Waals surface area (Å²) in [6.07, 6.45) is 6.62. The van der Waals surface area contributed by atoms with E-state index in [4.69, 9.17) is 33.0 Å². The summed E-state index contributed by atoms with van der Waals surface area (Å²) in [5.41, 5.74) is 10.6. The number of hydrogen-bond donors (Lipinski definition) is 1. The Labute approximate surface area is 342 Å². The van der Waals surface area contributed by atoms with Crippen molar-refractivity contribution in [3.8, 4) is 16.9 Å². The number of halogens is 2. The van der Waals surface area contributed by atoms with Gasteiger partial charge in [-0.3, -0.25) is 24.2 Å². The van der Waals surface area contributed by atoms with Gasteiger partial charge in [-0.1, -0.05) is 47.5 Å². The molecule has 4 aromatic heterocycles. The van der Waals surface area contributed by atoms with Gasteiger partial charge in [-0.2, -0.15) is 5.10 Å². The molecule has 57 heavy (non-hydrogen) atoms. The van der Waals surface area contributed by atoms with Crippen LogP contribution in [0.25, 0.3) is 32.9 Å². The SMILES string of the molecule is Cc1cc(OCCCc2c3n(c4c(-c5c(C)nn(C)c5C)cccc24)[C@H](C)C(Cl)N(c2cn(C)c4ccc(C(=O)NCc5cccnc5)cc24)C3=O)cc(C)c1Cl. The zero-order valence-electron chi connectivity index (χ0n) is 33.2. The number of amides is 2. The van der Waals surface area contributed by atoms with E-state index in [-0.39, 0.29) is 17.9 Å². The Hall–Kier alpha value is -5.58. The quantitative estimate of drug-likeness (QED) is 0.0844. The van der Waals surface area contributed by atoms with Crippen molar-refractivity contribution in [2.75, 3.05) is 11.5 Å². The highest BCUT2D eigenvalue weighted by atomic mass is 35.5. The molecule has 2 amide bonds. The Bertz CT molecular complexity index is 2690. The highest BCUT2D eigenvalue weighted by molar-refractivity contribution is 6.32. The lowest BCUT2D eigenvalue weighted by atomic mass is 9.98. The lowest BCUT2D eigenvalue weighted by molar-refractivity contribution is 0.0944. The van der Waals surface area contributed by atoms with E-state index in [1.54, 1.807) is 23.4 Å². The second-order valence-corrected chi connectivity index (χ2v) is 15.9. The Balaban J connectivity index is 1.21. The maximum Gasteiger partial charge on any atom is 0.276 e. The molecule has 0 aliphatic carbocycles. The number of nitrogens with zero attached hydrogens (tertiary/aromatic N) is 6. The standard InChI is InChI=1S/C45H45Cl2N7O3/c1-25-19-32(20-26(2)40(25)46)57-18-10-14-34-33-12-8-13-35(39-27(3)50-52(7)28(39)4)41(33)53-29(5)43(47)54(45(56)42(34)53)38-24-51(6)37-16-15-31(21-36(37)38)44(55)49-23-30-11-9-17-48-22-30/h8-9,11-13,15-17,19-22,24,29,43H,10,14,18,23H2,1-7H3,(H,49,55)/t29-,43?/m1/s1. The van der Waals surface area contributed by atoms with Crippen LogP contribution in [0, 0.1) is 27.7 Å². The van der Waals surface area contributed by atoms with Crippen molar-refractivity contribution < 1.29 is 14.3 Å². The first-order valence-electron chi connectivity index (χ1n) is 19.1. The average Bonchev–Trinajstić information content (AvgIpc) is 3.80. The summed E-state index contributed by atoms with van der Waals surface area (Å²) < 4.78 is 12.3. The van der Waals surface area contributed by atoms with E-state index in [1.165, 1.54) is 0 Å². The van der Waals surface area contributed by atoms with Crippen molar-refractivity contribution in [1.29, 1.82) is 0 Å². The molecule has 3 aromatic carbocycles. The highest BCUT2D eigenvalue weighted by Crippen LogP contribution is 2.46. The summed E-state index contributed by atoms with van der Waals surface area (Å²) in [4.78, 5) is 34.6. The second kappa shape index (κ2) is 15.1. The summed E-state index contributed by atoms with van der Waals surface area (Å²) in [6.45, 7) is 10.9. The molecule has 5 heterocycles. The van der Waals surface area contributed by atoms with Crippen LogP contribution in [0.4, 0.5) is 5.69 Å². The van der Waals surface area contributed by atoms with Crippen molar-refractivity contribution in [3.63, 3.8) is 0 Å². The largest absolute Gasteiger partial charge is 0.494 e. The molecule has 10 nitrogen and oxygen atoms in total. The molecule has 1 unspecified atom stereocenters. The molecular weight excluding hydrogens is 757 g/mol. The molecular formula is C45H45Cl2N7O3. The Morgan fingerprint density at radius 2 is 1.75 bits per heavy atom. The van der Waals surface area contributed by atoms with Gasteiger partial charge < -0.3 is 19.2 Å². The lowest BCUT2D eigenvalue weighted by Gasteiger charge is -2.38. The highest BCUT2D eigenvalue weighted by Gasteiger charge is 2.42. The van der Waals surface area contributed by atoms with Gasteiger partial charge in [0.2, 0.25) is 0 Å². The van der Waals surface area contributed by atoms with Gasteiger partial charge in [-0.05, 0) is 106 Å². The van der Waals surface area contributed by atoms with Gasteiger partial charge in [0.05, 0.1) is 29.5 Å². The summed E-state index contributed by atoms with van der Waals surface area (Å²) in [5.74, 6) is 0.344. The Morgan fingerprint density at radius 3 is 2.46 bits per heavy atom. The fourth-order valence-corrected chi connectivity index (χ4v) is 8.83. The molecule has 7 aromatic rings. The molecule has 1 aliphatic rings. The van der Waals surface area contributed by atoms with Crippen LogP contribution in [0.5, 0.6) is 5.75 Å². The first kappa shape index (κ1) is 38.3. The first-order valence-corrected chi connectivity index (χ1v) is 20.0. The number of para-hydroxylation sites is 1. The van der Waals surface area contributed by atoms with Crippen LogP contribution in [0.3, 0.4) is 0 Å². The van der Waals surface area contributed by atoms with Gasteiger partial charge in [0, 0.05) is 82.9 Å². The molecule has 0 fully saturated rings. The van der Waals surface area contributed by atoms with Crippen molar-refractivity contribution in [2.45, 2.75) is 65.5 Å². The minimum atomic E-state index is -0.744. The van der Waals surface area contributed by atoms with Crippen LogP contribution >= 0.6 is 23.2 Å². The molecule has 0 spiro atoms.